The van der Waals surface area contributed by atoms with Crippen molar-refractivity contribution in [3.63, 3.8) is 0 Å². The monoisotopic (exact) mass is 559 g/mol. The second-order valence-corrected chi connectivity index (χ2v) is 7.04. The van der Waals surface area contributed by atoms with E-state index in [2.05, 4.69) is 15.6 Å². The maximum Gasteiger partial charge on any atom is 0.191 e. The average Bonchev–Trinajstić information content (AvgIpc) is 2.78. The molecule has 2 aromatic carbocycles. The molecular formula is C23H31FIN3O4. The Balaban J connectivity index is 0.00000363. The van der Waals surface area contributed by atoms with E-state index in [1.54, 1.807) is 14.2 Å². The van der Waals surface area contributed by atoms with Crippen molar-refractivity contribution in [3.8, 4) is 17.2 Å². The van der Waals surface area contributed by atoms with Crippen LogP contribution in [0.4, 0.5) is 4.39 Å². The number of benzene rings is 2. The normalized spacial score (nSPS) is 12.8. The summed E-state index contributed by atoms with van der Waals surface area (Å²) in [5, 5.41) is 6.58. The van der Waals surface area contributed by atoms with Crippen LogP contribution in [0.2, 0.25) is 0 Å². The van der Waals surface area contributed by atoms with Crippen molar-refractivity contribution in [1.82, 2.24) is 10.6 Å². The highest BCUT2D eigenvalue weighted by molar-refractivity contribution is 14.0. The minimum absolute atomic E-state index is 0. The van der Waals surface area contributed by atoms with Crippen LogP contribution in [0.5, 0.6) is 17.2 Å². The number of aliphatic imine (C=N–C) groups is 1. The first-order valence-electron chi connectivity index (χ1n) is 10.4. The van der Waals surface area contributed by atoms with Gasteiger partial charge in [-0.05, 0) is 55.2 Å². The predicted octanol–water partition coefficient (Wildman–Crippen LogP) is 3.67. The molecule has 0 saturated heterocycles. The fourth-order valence-electron chi connectivity index (χ4n) is 3.43. The number of halogens is 2. The molecule has 0 fully saturated rings. The molecule has 2 aromatic rings. The van der Waals surface area contributed by atoms with E-state index in [0.717, 1.165) is 35.6 Å². The third-order valence-corrected chi connectivity index (χ3v) is 4.90. The van der Waals surface area contributed by atoms with Crippen LogP contribution < -0.4 is 24.8 Å². The summed E-state index contributed by atoms with van der Waals surface area (Å²) < 4.78 is 35.4. The molecule has 1 aliphatic heterocycles. The van der Waals surface area contributed by atoms with Crippen molar-refractivity contribution in [2.45, 2.75) is 26.4 Å². The molecule has 9 heteroatoms. The molecule has 0 radical (unpaired) electrons. The van der Waals surface area contributed by atoms with Gasteiger partial charge in [-0.3, -0.25) is 4.99 Å². The SMILES string of the molecule is CCNC(=NCCc1cc(F)cc2c1OCOC2)NCCc1ccc(OC)c(OC)c1.I. The molecule has 1 heterocycles. The summed E-state index contributed by atoms with van der Waals surface area (Å²) in [6, 6.07) is 8.86. The van der Waals surface area contributed by atoms with Gasteiger partial charge in [0.25, 0.3) is 0 Å². The van der Waals surface area contributed by atoms with Gasteiger partial charge in [-0.1, -0.05) is 6.07 Å². The van der Waals surface area contributed by atoms with E-state index >= 15 is 0 Å². The molecule has 1 aliphatic rings. The summed E-state index contributed by atoms with van der Waals surface area (Å²) in [7, 11) is 3.25. The summed E-state index contributed by atoms with van der Waals surface area (Å²) in [5.41, 5.74) is 2.68. The van der Waals surface area contributed by atoms with Gasteiger partial charge in [-0.25, -0.2) is 4.39 Å². The van der Waals surface area contributed by atoms with Crippen LogP contribution in [0.1, 0.15) is 23.6 Å². The van der Waals surface area contributed by atoms with Crippen LogP contribution in [0.3, 0.4) is 0 Å². The lowest BCUT2D eigenvalue weighted by Crippen LogP contribution is -2.38. The molecule has 3 rings (SSSR count). The number of hydrogen-bond acceptors (Lipinski definition) is 5. The van der Waals surface area contributed by atoms with Gasteiger partial charge in [0.05, 0.1) is 20.8 Å². The summed E-state index contributed by atoms with van der Waals surface area (Å²) in [6.45, 7) is 4.53. The zero-order valence-electron chi connectivity index (χ0n) is 18.7. The van der Waals surface area contributed by atoms with Gasteiger partial charge in [-0.15, -0.1) is 24.0 Å². The molecule has 0 atom stereocenters. The van der Waals surface area contributed by atoms with E-state index in [4.69, 9.17) is 18.9 Å². The minimum atomic E-state index is -0.285. The van der Waals surface area contributed by atoms with E-state index in [1.165, 1.54) is 12.1 Å². The van der Waals surface area contributed by atoms with Gasteiger partial charge in [0.2, 0.25) is 0 Å². The summed E-state index contributed by atoms with van der Waals surface area (Å²) in [5.74, 6) is 2.58. The number of guanidine groups is 1. The van der Waals surface area contributed by atoms with E-state index in [0.29, 0.717) is 43.4 Å². The molecule has 0 amide bonds. The number of ether oxygens (including phenoxy) is 4. The van der Waals surface area contributed by atoms with Crippen LogP contribution in [0.15, 0.2) is 35.3 Å². The quantitative estimate of drug-likeness (QED) is 0.278. The zero-order valence-corrected chi connectivity index (χ0v) is 21.0. The Morgan fingerprint density at radius 3 is 2.66 bits per heavy atom. The fourth-order valence-corrected chi connectivity index (χ4v) is 3.43. The van der Waals surface area contributed by atoms with E-state index < -0.39 is 0 Å². The van der Waals surface area contributed by atoms with Crippen LogP contribution in [0, 0.1) is 5.82 Å². The van der Waals surface area contributed by atoms with Crippen molar-refractivity contribution in [2.75, 3.05) is 40.6 Å². The number of rotatable bonds is 9. The van der Waals surface area contributed by atoms with E-state index in [1.807, 2.05) is 25.1 Å². The van der Waals surface area contributed by atoms with Gasteiger partial charge >= 0.3 is 0 Å². The third kappa shape index (κ3) is 7.13. The Bertz CT molecular complexity index is 911. The molecule has 0 aromatic heterocycles. The molecule has 0 unspecified atom stereocenters. The second-order valence-electron chi connectivity index (χ2n) is 7.04. The van der Waals surface area contributed by atoms with Crippen LogP contribution >= 0.6 is 24.0 Å². The maximum atomic E-state index is 13.9. The Morgan fingerprint density at radius 2 is 1.91 bits per heavy atom. The first-order valence-corrected chi connectivity index (χ1v) is 10.4. The Morgan fingerprint density at radius 1 is 1.09 bits per heavy atom. The fraction of sp³-hybridized carbons (Fsp3) is 0.435. The van der Waals surface area contributed by atoms with E-state index in [-0.39, 0.29) is 36.6 Å². The largest absolute Gasteiger partial charge is 0.493 e. The standard InChI is InChI=1S/C23H30FN3O4.HI/c1-4-25-23(26-9-7-16-5-6-20(28-2)21(11-16)29-3)27-10-8-17-12-19(24)13-18-14-30-15-31-22(17)18;/h5-6,11-13H,4,7-10,14-15H2,1-3H3,(H2,25,26,27);1H. The lowest BCUT2D eigenvalue weighted by molar-refractivity contribution is -0.0172. The molecule has 0 bridgehead atoms. The van der Waals surface area contributed by atoms with Crippen molar-refractivity contribution in [3.05, 3.63) is 52.8 Å². The topological polar surface area (TPSA) is 73.3 Å². The molecule has 176 valence electrons. The third-order valence-electron chi connectivity index (χ3n) is 4.90. The van der Waals surface area contributed by atoms with Crippen molar-refractivity contribution >= 4 is 29.9 Å². The summed E-state index contributed by atoms with van der Waals surface area (Å²) >= 11 is 0. The highest BCUT2D eigenvalue weighted by atomic mass is 127. The molecule has 0 aliphatic carbocycles. The Labute approximate surface area is 205 Å². The van der Waals surface area contributed by atoms with Crippen molar-refractivity contribution in [1.29, 1.82) is 0 Å². The molecule has 0 spiro atoms. The van der Waals surface area contributed by atoms with Gasteiger partial charge in [0.15, 0.2) is 24.3 Å². The lowest BCUT2D eigenvalue weighted by atomic mass is 10.1. The van der Waals surface area contributed by atoms with Gasteiger partial charge in [-0.2, -0.15) is 0 Å². The first-order chi connectivity index (χ1) is 15.1. The van der Waals surface area contributed by atoms with Gasteiger partial charge in [0.1, 0.15) is 11.6 Å². The first kappa shape index (κ1) is 26.0. The number of fused-ring (bicyclic) bond motifs is 1. The predicted molar refractivity (Wildman–Crippen MR) is 133 cm³/mol. The summed E-state index contributed by atoms with van der Waals surface area (Å²) in [4.78, 5) is 4.62. The van der Waals surface area contributed by atoms with E-state index in [9.17, 15) is 4.39 Å². The second kappa shape index (κ2) is 13.3. The number of hydrogen-bond donors (Lipinski definition) is 2. The summed E-state index contributed by atoms with van der Waals surface area (Å²) in [6.07, 6.45) is 1.38. The molecule has 0 saturated carbocycles. The van der Waals surface area contributed by atoms with Crippen molar-refractivity contribution in [2.24, 2.45) is 4.99 Å². The van der Waals surface area contributed by atoms with Crippen molar-refractivity contribution < 1.29 is 23.3 Å². The molecule has 2 N–H and O–H groups in total. The van der Waals surface area contributed by atoms with Gasteiger partial charge in [0, 0.05) is 25.2 Å². The molecular weight excluding hydrogens is 528 g/mol. The van der Waals surface area contributed by atoms with Crippen LogP contribution in [-0.2, 0) is 24.2 Å². The van der Waals surface area contributed by atoms with Crippen LogP contribution in [-0.4, -0.2) is 46.6 Å². The molecule has 32 heavy (non-hydrogen) atoms. The average molecular weight is 559 g/mol. The Kier molecular flexibility index (Phi) is 10.8. The number of methoxy groups -OCH3 is 2. The Hall–Kier alpha value is -2.27. The molecule has 7 nitrogen and oxygen atoms in total. The number of nitrogens with zero attached hydrogens (tertiary/aromatic N) is 1. The lowest BCUT2D eigenvalue weighted by Gasteiger charge is -2.20. The zero-order chi connectivity index (χ0) is 22.1. The minimum Gasteiger partial charge on any atom is -0.493 e. The maximum absolute atomic E-state index is 13.9. The van der Waals surface area contributed by atoms with Crippen LogP contribution in [0.25, 0.3) is 0 Å². The highest BCUT2D eigenvalue weighted by Crippen LogP contribution is 2.30. The van der Waals surface area contributed by atoms with Gasteiger partial charge < -0.3 is 29.6 Å². The number of nitrogens with one attached hydrogen (secondary N) is 2. The highest BCUT2D eigenvalue weighted by Gasteiger charge is 2.16. The smallest absolute Gasteiger partial charge is 0.191 e.